The van der Waals surface area contributed by atoms with E-state index in [1.54, 1.807) is 27.7 Å². The molecular weight excluding hydrogens is 254 g/mol. The molecule has 0 radical (unpaired) electrons. The van der Waals surface area contributed by atoms with Gasteiger partial charge in [0.2, 0.25) is 5.91 Å². The van der Waals surface area contributed by atoms with Crippen molar-refractivity contribution in [2.45, 2.75) is 46.6 Å². The summed E-state index contributed by atoms with van der Waals surface area (Å²) in [6, 6.07) is 7.72. The molecule has 0 aliphatic carbocycles. The zero-order chi connectivity index (χ0) is 15.6. The Balaban J connectivity index is 2.75. The maximum Gasteiger partial charge on any atom is 0.311 e. The highest BCUT2D eigenvalue weighted by atomic mass is 16.4. The maximum absolute atomic E-state index is 12.1. The molecule has 0 aliphatic heterocycles. The highest BCUT2D eigenvalue weighted by Crippen LogP contribution is 2.30. The van der Waals surface area contributed by atoms with Gasteiger partial charge in [0.1, 0.15) is 0 Å². The fourth-order valence-electron chi connectivity index (χ4n) is 1.71. The van der Waals surface area contributed by atoms with E-state index in [0.29, 0.717) is 0 Å². The van der Waals surface area contributed by atoms with Gasteiger partial charge in [0.15, 0.2) is 0 Å². The van der Waals surface area contributed by atoms with Gasteiger partial charge in [0.05, 0.1) is 11.8 Å². The Bertz CT molecular complexity index is 501. The molecule has 1 aromatic carbocycles. The predicted octanol–water partition coefficient (Wildman–Crippen LogP) is 2.54. The lowest BCUT2D eigenvalue weighted by Gasteiger charge is -2.38. The van der Waals surface area contributed by atoms with Crippen LogP contribution < -0.4 is 5.32 Å². The molecule has 110 valence electrons. The van der Waals surface area contributed by atoms with E-state index < -0.39 is 16.9 Å². The molecule has 20 heavy (non-hydrogen) atoms. The molecule has 0 bridgehead atoms. The Hall–Kier alpha value is -1.84. The summed E-state index contributed by atoms with van der Waals surface area (Å²) in [5.41, 5.74) is 0.176. The Morgan fingerprint density at radius 1 is 1.10 bits per heavy atom. The molecule has 1 rings (SSSR count). The van der Waals surface area contributed by atoms with Crippen LogP contribution in [0, 0.1) is 12.3 Å². The fourth-order valence-corrected chi connectivity index (χ4v) is 1.71. The van der Waals surface area contributed by atoms with Gasteiger partial charge in [-0.3, -0.25) is 9.59 Å². The third kappa shape index (κ3) is 3.59. The van der Waals surface area contributed by atoms with E-state index in [1.807, 2.05) is 31.2 Å². The average molecular weight is 277 g/mol. The number of hydrogen-bond donors (Lipinski definition) is 2. The highest BCUT2D eigenvalue weighted by molar-refractivity contribution is 5.82. The minimum absolute atomic E-state index is 0.173. The van der Waals surface area contributed by atoms with Crippen molar-refractivity contribution >= 4 is 11.9 Å². The van der Waals surface area contributed by atoms with Crippen LogP contribution in [0.5, 0.6) is 0 Å². The van der Waals surface area contributed by atoms with E-state index in [-0.39, 0.29) is 12.3 Å². The number of rotatable bonds is 5. The lowest BCUT2D eigenvalue weighted by molar-refractivity contribution is -0.151. The predicted molar refractivity (Wildman–Crippen MR) is 78.5 cm³/mol. The third-order valence-electron chi connectivity index (χ3n) is 4.03. The molecule has 2 N–H and O–H groups in total. The number of carbonyl (C=O) groups excluding carboxylic acids is 1. The number of aryl methyl sites for hydroxylation is 1. The van der Waals surface area contributed by atoms with Crippen LogP contribution in [0.25, 0.3) is 0 Å². The van der Waals surface area contributed by atoms with Gasteiger partial charge in [-0.1, -0.05) is 29.8 Å². The van der Waals surface area contributed by atoms with Crippen LogP contribution in [0.15, 0.2) is 24.3 Å². The number of nitrogens with one attached hydrogen (secondary N) is 1. The summed E-state index contributed by atoms with van der Waals surface area (Å²) in [7, 11) is 0. The number of benzene rings is 1. The lowest BCUT2D eigenvalue weighted by atomic mass is 9.74. The van der Waals surface area contributed by atoms with Gasteiger partial charge >= 0.3 is 5.97 Å². The molecule has 0 saturated heterocycles. The van der Waals surface area contributed by atoms with Crippen molar-refractivity contribution in [3.05, 3.63) is 35.4 Å². The fraction of sp³-hybridized carbons (Fsp3) is 0.500. The van der Waals surface area contributed by atoms with E-state index in [2.05, 4.69) is 5.32 Å². The van der Waals surface area contributed by atoms with Gasteiger partial charge in [0.25, 0.3) is 0 Å². The zero-order valence-corrected chi connectivity index (χ0v) is 12.8. The molecule has 0 unspecified atom stereocenters. The van der Waals surface area contributed by atoms with Crippen molar-refractivity contribution < 1.29 is 14.7 Å². The Labute approximate surface area is 120 Å². The second-order valence-electron chi connectivity index (χ2n) is 6.27. The summed E-state index contributed by atoms with van der Waals surface area (Å²) in [5, 5.41) is 12.1. The van der Waals surface area contributed by atoms with Crippen molar-refractivity contribution in [3.63, 3.8) is 0 Å². The van der Waals surface area contributed by atoms with Crippen LogP contribution in [0.2, 0.25) is 0 Å². The van der Waals surface area contributed by atoms with Gasteiger partial charge in [-0.25, -0.2) is 0 Å². The molecule has 0 spiro atoms. The largest absolute Gasteiger partial charge is 0.481 e. The SMILES string of the molecule is Cc1ccc(CC(=O)NC(C)(C)C(C)(C)C(=O)O)cc1. The number of carboxylic acid groups (broad SMARTS) is 1. The Kier molecular flexibility index (Phi) is 4.58. The van der Waals surface area contributed by atoms with Gasteiger partial charge < -0.3 is 10.4 Å². The number of hydrogen-bond acceptors (Lipinski definition) is 2. The summed E-state index contributed by atoms with van der Waals surface area (Å²) < 4.78 is 0. The first-order valence-electron chi connectivity index (χ1n) is 6.66. The summed E-state index contributed by atoms with van der Waals surface area (Å²) in [6.07, 6.45) is 0.249. The first-order chi connectivity index (χ1) is 9.06. The van der Waals surface area contributed by atoms with Gasteiger partial charge in [-0.05, 0) is 40.2 Å². The van der Waals surface area contributed by atoms with Crippen LogP contribution in [0.1, 0.15) is 38.8 Å². The van der Waals surface area contributed by atoms with Crippen molar-refractivity contribution in [1.29, 1.82) is 0 Å². The minimum Gasteiger partial charge on any atom is -0.481 e. The molecule has 0 saturated carbocycles. The molecule has 0 atom stereocenters. The zero-order valence-electron chi connectivity index (χ0n) is 12.8. The molecule has 4 nitrogen and oxygen atoms in total. The minimum atomic E-state index is -1.05. The summed E-state index contributed by atoms with van der Waals surface area (Å²) >= 11 is 0. The maximum atomic E-state index is 12.1. The van der Waals surface area contributed by atoms with Crippen molar-refractivity contribution in [3.8, 4) is 0 Å². The molecule has 0 fully saturated rings. The summed E-state index contributed by atoms with van der Waals surface area (Å²) in [5.74, 6) is -1.11. The molecule has 0 aromatic heterocycles. The molecule has 1 aromatic rings. The molecular formula is C16H23NO3. The van der Waals surface area contributed by atoms with Gasteiger partial charge in [-0.2, -0.15) is 0 Å². The van der Waals surface area contributed by atoms with E-state index in [9.17, 15) is 14.7 Å². The number of aliphatic carboxylic acids is 1. The number of carboxylic acids is 1. The highest BCUT2D eigenvalue weighted by Gasteiger charge is 2.44. The smallest absolute Gasteiger partial charge is 0.311 e. The topological polar surface area (TPSA) is 66.4 Å². The summed E-state index contributed by atoms with van der Waals surface area (Å²) in [6.45, 7) is 8.67. The first kappa shape index (κ1) is 16.2. The lowest BCUT2D eigenvalue weighted by Crippen LogP contribution is -2.57. The second-order valence-corrected chi connectivity index (χ2v) is 6.27. The molecule has 0 heterocycles. The van der Waals surface area contributed by atoms with E-state index >= 15 is 0 Å². The van der Waals surface area contributed by atoms with E-state index in [1.165, 1.54) is 0 Å². The number of carbonyl (C=O) groups is 2. The van der Waals surface area contributed by atoms with Crippen molar-refractivity contribution in [2.24, 2.45) is 5.41 Å². The van der Waals surface area contributed by atoms with Gasteiger partial charge in [-0.15, -0.1) is 0 Å². The standard InChI is InChI=1S/C16H23NO3/c1-11-6-8-12(9-7-11)10-13(18)17-16(4,5)15(2,3)14(19)20/h6-9H,10H2,1-5H3,(H,17,18)(H,19,20). The summed E-state index contributed by atoms with van der Waals surface area (Å²) in [4.78, 5) is 23.4. The van der Waals surface area contributed by atoms with Crippen LogP contribution in [0.4, 0.5) is 0 Å². The van der Waals surface area contributed by atoms with E-state index in [0.717, 1.165) is 11.1 Å². The van der Waals surface area contributed by atoms with Crippen LogP contribution in [-0.2, 0) is 16.0 Å². The van der Waals surface area contributed by atoms with Gasteiger partial charge in [0, 0.05) is 5.54 Å². The third-order valence-corrected chi connectivity index (χ3v) is 4.03. The first-order valence-corrected chi connectivity index (χ1v) is 6.66. The Morgan fingerprint density at radius 2 is 1.60 bits per heavy atom. The van der Waals surface area contributed by atoms with Crippen LogP contribution in [-0.4, -0.2) is 22.5 Å². The normalized spacial score (nSPS) is 12.1. The van der Waals surface area contributed by atoms with Crippen molar-refractivity contribution in [2.75, 3.05) is 0 Å². The second kappa shape index (κ2) is 5.65. The average Bonchev–Trinajstić information content (AvgIpc) is 2.31. The Morgan fingerprint density at radius 3 is 2.05 bits per heavy atom. The quantitative estimate of drug-likeness (QED) is 0.869. The monoisotopic (exact) mass is 277 g/mol. The molecule has 1 amide bonds. The van der Waals surface area contributed by atoms with Crippen LogP contribution >= 0.6 is 0 Å². The van der Waals surface area contributed by atoms with E-state index in [4.69, 9.17) is 0 Å². The molecule has 0 aliphatic rings. The van der Waals surface area contributed by atoms with Crippen molar-refractivity contribution in [1.82, 2.24) is 5.32 Å². The number of amides is 1. The molecule has 4 heteroatoms. The van der Waals surface area contributed by atoms with Crippen LogP contribution in [0.3, 0.4) is 0 Å².